The van der Waals surface area contributed by atoms with Crippen LogP contribution in [0.4, 0.5) is 0 Å². The van der Waals surface area contributed by atoms with Crippen molar-refractivity contribution in [3.05, 3.63) is 33.8 Å². The van der Waals surface area contributed by atoms with Crippen LogP contribution < -0.4 is 5.32 Å². The van der Waals surface area contributed by atoms with Gasteiger partial charge < -0.3 is 5.32 Å². The molecule has 1 aromatic rings. The first kappa shape index (κ1) is 15.8. The fraction of sp³-hybridized carbons (Fsp3) is 0.600. The number of rotatable bonds is 7. The summed E-state index contributed by atoms with van der Waals surface area (Å²) in [5.41, 5.74) is 1.16. The first-order valence-corrected chi connectivity index (χ1v) is 7.47. The van der Waals surface area contributed by atoms with Gasteiger partial charge in [-0.05, 0) is 55.5 Å². The lowest BCUT2D eigenvalue weighted by Gasteiger charge is -2.21. The van der Waals surface area contributed by atoms with E-state index in [4.69, 9.17) is 23.2 Å². The Morgan fingerprint density at radius 3 is 2.56 bits per heavy atom. The van der Waals surface area contributed by atoms with Crippen LogP contribution in [0.5, 0.6) is 0 Å². The molecule has 0 heterocycles. The predicted octanol–water partition coefficient (Wildman–Crippen LogP) is 4.95. The fourth-order valence-electron chi connectivity index (χ4n) is 2.18. The van der Waals surface area contributed by atoms with E-state index in [1.165, 1.54) is 6.42 Å². The van der Waals surface area contributed by atoms with Crippen LogP contribution in [0.2, 0.25) is 10.0 Å². The summed E-state index contributed by atoms with van der Waals surface area (Å²) < 4.78 is 0. The Kier molecular flexibility index (Phi) is 7.06. The molecule has 0 saturated heterocycles. The van der Waals surface area contributed by atoms with Gasteiger partial charge in [0.25, 0.3) is 0 Å². The van der Waals surface area contributed by atoms with Crippen molar-refractivity contribution in [2.45, 2.75) is 46.1 Å². The van der Waals surface area contributed by atoms with Crippen molar-refractivity contribution in [2.75, 3.05) is 6.54 Å². The Labute approximate surface area is 121 Å². The van der Waals surface area contributed by atoms with Crippen molar-refractivity contribution >= 4 is 23.2 Å². The van der Waals surface area contributed by atoms with Crippen molar-refractivity contribution in [1.29, 1.82) is 0 Å². The van der Waals surface area contributed by atoms with E-state index >= 15 is 0 Å². The Morgan fingerprint density at radius 2 is 1.94 bits per heavy atom. The number of hydrogen-bond donors (Lipinski definition) is 1. The maximum Gasteiger partial charge on any atom is 0.0439 e. The molecule has 1 atom stereocenters. The molecule has 0 aliphatic heterocycles. The fourth-order valence-corrected chi connectivity index (χ4v) is 2.59. The molecule has 102 valence electrons. The van der Waals surface area contributed by atoms with Crippen LogP contribution in [-0.2, 0) is 6.42 Å². The Hall–Kier alpha value is -0.240. The topological polar surface area (TPSA) is 12.0 Å². The SMILES string of the molecule is CCNC(CCCc1cc(Cl)ccc1Cl)C(C)C. The zero-order valence-electron chi connectivity index (χ0n) is 11.5. The quantitative estimate of drug-likeness (QED) is 0.748. The van der Waals surface area contributed by atoms with Crippen molar-refractivity contribution in [3.63, 3.8) is 0 Å². The van der Waals surface area contributed by atoms with E-state index in [0.717, 1.165) is 35.0 Å². The van der Waals surface area contributed by atoms with Gasteiger partial charge in [0.05, 0.1) is 0 Å². The molecule has 1 rings (SSSR count). The molecular weight excluding hydrogens is 265 g/mol. The predicted molar refractivity (Wildman–Crippen MR) is 81.7 cm³/mol. The van der Waals surface area contributed by atoms with E-state index in [2.05, 4.69) is 26.1 Å². The third kappa shape index (κ3) is 5.17. The number of nitrogens with one attached hydrogen (secondary N) is 1. The van der Waals surface area contributed by atoms with Gasteiger partial charge in [-0.25, -0.2) is 0 Å². The summed E-state index contributed by atoms with van der Waals surface area (Å²) >= 11 is 12.1. The minimum Gasteiger partial charge on any atom is -0.314 e. The summed E-state index contributed by atoms with van der Waals surface area (Å²) in [5.74, 6) is 0.666. The number of hydrogen-bond acceptors (Lipinski definition) is 1. The highest BCUT2D eigenvalue weighted by molar-refractivity contribution is 6.33. The van der Waals surface area contributed by atoms with E-state index in [1.807, 2.05) is 18.2 Å². The van der Waals surface area contributed by atoms with Crippen LogP contribution in [0, 0.1) is 5.92 Å². The molecule has 3 heteroatoms. The van der Waals surface area contributed by atoms with Crippen LogP contribution in [0.1, 0.15) is 39.2 Å². The molecule has 1 N–H and O–H groups in total. The number of benzene rings is 1. The van der Waals surface area contributed by atoms with Crippen LogP contribution in [0.3, 0.4) is 0 Å². The third-order valence-electron chi connectivity index (χ3n) is 3.24. The largest absolute Gasteiger partial charge is 0.314 e. The van der Waals surface area contributed by atoms with Gasteiger partial charge in [-0.15, -0.1) is 0 Å². The lowest BCUT2D eigenvalue weighted by atomic mass is 9.97. The van der Waals surface area contributed by atoms with Gasteiger partial charge in [-0.1, -0.05) is 44.0 Å². The molecule has 0 aliphatic rings. The minimum absolute atomic E-state index is 0.591. The maximum atomic E-state index is 6.16. The number of halogens is 2. The zero-order valence-corrected chi connectivity index (χ0v) is 13.0. The molecule has 0 aromatic heterocycles. The Balaban J connectivity index is 2.47. The Bertz CT molecular complexity index is 364. The van der Waals surface area contributed by atoms with Crippen LogP contribution in [0.15, 0.2) is 18.2 Å². The molecule has 1 unspecified atom stereocenters. The lowest BCUT2D eigenvalue weighted by molar-refractivity contribution is 0.377. The lowest BCUT2D eigenvalue weighted by Crippen LogP contribution is -2.33. The van der Waals surface area contributed by atoms with Gasteiger partial charge in [0, 0.05) is 16.1 Å². The van der Waals surface area contributed by atoms with E-state index in [1.54, 1.807) is 0 Å². The third-order valence-corrected chi connectivity index (χ3v) is 3.84. The summed E-state index contributed by atoms with van der Waals surface area (Å²) in [6.07, 6.45) is 3.30. The van der Waals surface area contributed by atoms with E-state index in [-0.39, 0.29) is 0 Å². The summed E-state index contributed by atoms with van der Waals surface area (Å²) in [5, 5.41) is 5.12. The molecule has 1 nitrogen and oxygen atoms in total. The first-order chi connectivity index (χ1) is 8.54. The molecule has 0 saturated carbocycles. The molecule has 0 aliphatic carbocycles. The van der Waals surface area contributed by atoms with E-state index in [0.29, 0.717) is 12.0 Å². The average Bonchev–Trinajstić information content (AvgIpc) is 2.32. The summed E-state index contributed by atoms with van der Waals surface area (Å²) in [7, 11) is 0. The highest BCUT2D eigenvalue weighted by Gasteiger charge is 2.11. The molecule has 0 amide bonds. The second-order valence-electron chi connectivity index (χ2n) is 5.04. The normalized spacial score (nSPS) is 13.0. The van der Waals surface area contributed by atoms with Gasteiger partial charge in [0.2, 0.25) is 0 Å². The van der Waals surface area contributed by atoms with Gasteiger partial charge in [-0.2, -0.15) is 0 Å². The number of aryl methyl sites for hydroxylation is 1. The van der Waals surface area contributed by atoms with Crippen molar-refractivity contribution < 1.29 is 0 Å². The maximum absolute atomic E-state index is 6.16. The van der Waals surface area contributed by atoms with Gasteiger partial charge in [-0.3, -0.25) is 0 Å². The summed E-state index contributed by atoms with van der Waals surface area (Å²) in [6, 6.07) is 6.28. The molecule has 18 heavy (non-hydrogen) atoms. The molecule has 0 bridgehead atoms. The van der Waals surface area contributed by atoms with Crippen molar-refractivity contribution in [1.82, 2.24) is 5.32 Å². The molecule has 0 fully saturated rings. The van der Waals surface area contributed by atoms with Gasteiger partial charge in [0.15, 0.2) is 0 Å². The van der Waals surface area contributed by atoms with Gasteiger partial charge >= 0.3 is 0 Å². The van der Waals surface area contributed by atoms with Crippen LogP contribution in [0.25, 0.3) is 0 Å². The smallest absolute Gasteiger partial charge is 0.0439 e. The first-order valence-electron chi connectivity index (χ1n) is 6.72. The molecule has 1 aromatic carbocycles. The Morgan fingerprint density at radius 1 is 1.22 bits per heavy atom. The monoisotopic (exact) mass is 287 g/mol. The minimum atomic E-state index is 0.591. The van der Waals surface area contributed by atoms with Crippen LogP contribution in [-0.4, -0.2) is 12.6 Å². The average molecular weight is 288 g/mol. The highest BCUT2D eigenvalue weighted by Crippen LogP contribution is 2.23. The second kappa shape index (κ2) is 8.04. The second-order valence-corrected chi connectivity index (χ2v) is 5.88. The van der Waals surface area contributed by atoms with Gasteiger partial charge in [0.1, 0.15) is 0 Å². The molecule has 0 spiro atoms. The molecular formula is C15H23Cl2N. The highest BCUT2D eigenvalue weighted by atomic mass is 35.5. The summed E-state index contributed by atoms with van der Waals surface area (Å²) in [6.45, 7) is 7.71. The van der Waals surface area contributed by atoms with Crippen molar-refractivity contribution in [2.24, 2.45) is 5.92 Å². The van der Waals surface area contributed by atoms with Crippen molar-refractivity contribution in [3.8, 4) is 0 Å². The molecule has 0 radical (unpaired) electrons. The summed E-state index contributed by atoms with van der Waals surface area (Å²) in [4.78, 5) is 0. The van der Waals surface area contributed by atoms with Crippen LogP contribution >= 0.6 is 23.2 Å². The van der Waals surface area contributed by atoms with E-state index in [9.17, 15) is 0 Å². The van der Waals surface area contributed by atoms with E-state index < -0.39 is 0 Å². The standard InChI is InChI=1S/C15H23Cl2N/c1-4-18-15(11(2)3)7-5-6-12-10-13(16)8-9-14(12)17/h8-11,15,18H,4-7H2,1-3H3. The zero-order chi connectivity index (χ0) is 13.5.